The third-order valence-electron chi connectivity index (χ3n) is 5.67. The van der Waals surface area contributed by atoms with E-state index >= 15 is 0 Å². The largest absolute Gasteiger partial charge is 0.467 e. The molecule has 0 radical (unpaired) electrons. The van der Waals surface area contributed by atoms with Crippen LogP contribution in [0.15, 0.2) is 18.2 Å². The number of hydrogen-bond donors (Lipinski definition) is 1. The smallest absolute Gasteiger partial charge is 0.331 e. The lowest BCUT2D eigenvalue weighted by molar-refractivity contribution is -0.151. The average molecular weight is 372 g/mol. The molecule has 6 nitrogen and oxygen atoms in total. The van der Waals surface area contributed by atoms with Gasteiger partial charge in [-0.15, -0.1) is 0 Å². The Kier molecular flexibility index (Phi) is 5.53. The molecular weight excluding hydrogens is 344 g/mol. The summed E-state index contributed by atoms with van der Waals surface area (Å²) in [5.41, 5.74) is 2.45. The SMILES string of the molecule is CCCC(C)(NC(=O)C1CC(=O)N(c2ccc3c(c2)CCC3)C1)C(=O)OC. The van der Waals surface area contributed by atoms with E-state index in [2.05, 4.69) is 17.4 Å². The Labute approximate surface area is 160 Å². The number of benzene rings is 1. The predicted octanol–water partition coefficient (Wildman–Crippen LogP) is 2.38. The highest BCUT2D eigenvalue weighted by molar-refractivity contribution is 6.01. The summed E-state index contributed by atoms with van der Waals surface area (Å²) >= 11 is 0. The number of esters is 1. The molecule has 1 aliphatic heterocycles. The van der Waals surface area contributed by atoms with E-state index in [9.17, 15) is 14.4 Å². The number of carbonyl (C=O) groups excluding carboxylic acids is 3. The lowest BCUT2D eigenvalue weighted by Gasteiger charge is -2.28. The van der Waals surface area contributed by atoms with Crippen molar-refractivity contribution in [1.29, 1.82) is 0 Å². The summed E-state index contributed by atoms with van der Waals surface area (Å²) < 4.78 is 4.85. The zero-order valence-corrected chi connectivity index (χ0v) is 16.3. The molecule has 2 atom stereocenters. The fourth-order valence-electron chi connectivity index (χ4n) is 4.17. The maximum absolute atomic E-state index is 12.8. The van der Waals surface area contributed by atoms with Crippen molar-refractivity contribution in [3.63, 3.8) is 0 Å². The molecule has 6 heteroatoms. The summed E-state index contributed by atoms with van der Waals surface area (Å²) in [5.74, 6) is -1.25. The monoisotopic (exact) mass is 372 g/mol. The summed E-state index contributed by atoms with van der Waals surface area (Å²) in [6.45, 7) is 3.96. The van der Waals surface area contributed by atoms with Crippen molar-refractivity contribution >= 4 is 23.5 Å². The third-order valence-corrected chi connectivity index (χ3v) is 5.67. The maximum atomic E-state index is 12.8. The van der Waals surface area contributed by atoms with Crippen LogP contribution >= 0.6 is 0 Å². The molecule has 1 heterocycles. The van der Waals surface area contributed by atoms with Crippen LogP contribution in [0.3, 0.4) is 0 Å². The molecule has 27 heavy (non-hydrogen) atoms. The molecule has 3 rings (SSSR count). The van der Waals surface area contributed by atoms with E-state index in [1.807, 2.05) is 13.0 Å². The van der Waals surface area contributed by atoms with Gasteiger partial charge in [-0.05, 0) is 55.9 Å². The highest BCUT2D eigenvalue weighted by atomic mass is 16.5. The third kappa shape index (κ3) is 3.84. The maximum Gasteiger partial charge on any atom is 0.331 e. The summed E-state index contributed by atoms with van der Waals surface area (Å²) in [6.07, 6.45) is 4.67. The highest BCUT2D eigenvalue weighted by Gasteiger charge is 2.41. The zero-order valence-electron chi connectivity index (χ0n) is 16.3. The Morgan fingerprint density at radius 2 is 2.04 bits per heavy atom. The van der Waals surface area contributed by atoms with Crippen molar-refractivity contribution in [2.24, 2.45) is 5.92 Å². The van der Waals surface area contributed by atoms with Gasteiger partial charge in [-0.1, -0.05) is 19.4 Å². The fraction of sp³-hybridized carbons (Fsp3) is 0.571. The van der Waals surface area contributed by atoms with Crippen LogP contribution in [0.4, 0.5) is 5.69 Å². The minimum atomic E-state index is -1.06. The second-order valence-corrected chi connectivity index (χ2v) is 7.77. The fourth-order valence-corrected chi connectivity index (χ4v) is 4.17. The Balaban J connectivity index is 1.71. The minimum Gasteiger partial charge on any atom is -0.467 e. The van der Waals surface area contributed by atoms with Crippen molar-refractivity contribution in [2.75, 3.05) is 18.6 Å². The first kappa shape index (κ1) is 19.4. The van der Waals surface area contributed by atoms with Gasteiger partial charge in [0.25, 0.3) is 0 Å². The highest BCUT2D eigenvalue weighted by Crippen LogP contribution is 2.31. The van der Waals surface area contributed by atoms with Crippen molar-refractivity contribution < 1.29 is 19.1 Å². The van der Waals surface area contributed by atoms with Crippen LogP contribution in [0, 0.1) is 5.92 Å². The number of nitrogens with zero attached hydrogens (tertiary/aromatic N) is 1. The van der Waals surface area contributed by atoms with Gasteiger partial charge in [0, 0.05) is 18.7 Å². The molecule has 1 N–H and O–H groups in total. The first-order chi connectivity index (χ1) is 12.9. The van der Waals surface area contributed by atoms with Gasteiger partial charge < -0.3 is 15.0 Å². The number of aryl methyl sites for hydroxylation is 2. The van der Waals surface area contributed by atoms with Gasteiger partial charge in [0.2, 0.25) is 11.8 Å². The predicted molar refractivity (Wildman–Crippen MR) is 102 cm³/mol. The van der Waals surface area contributed by atoms with Crippen LogP contribution < -0.4 is 10.2 Å². The van der Waals surface area contributed by atoms with Crippen LogP contribution in [0.1, 0.15) is 50.7 Å². The number of carbonyl (C=O) groups is 3. The number of anilines is 1. The first-order valence-electron chi connectivity index (χ1n) is 9.70. The number of fused-ring (bicyclic) bond motifs is 1. The van der Waals surface area contributed by atoms with Crippen molar-refractivity contribution in [1.82, 2.24) is 5.32 Å². The summed E-state index contributed by atoms with van der Waals surface area (Å²) in [6, 6.07) is 6.14. The molecule has 0 bridgehead atoms. The second kappa shape index (κ2) is 7.71. The molecule has 1 aromatic carbocycles. The summed E-state index contributed by atoms with van der Waals surface area (Å²) in [4.78, 5) is 39.1. The van der Waals surface area contributed by atoms with E-state index in [1.165, 1.54) is 18.2 Å². The van der Waals surface area contributed by atoms with E-state index in [0.717, 1.165) is 31.4 Å². The Morgan fingerprint density at radius 3 is 2.74 bits per heavy atom. The van der Waals surface area contributed by atoms with Crippen molar-refractivity contribution in [2.45, 2.75) is 57.9 Å². The molecule has 0 aromatic heterocycles. The minimum absolute atomic E-state index is 0.0524. The number of amides is 2. The number of methoxy groups -OCH3 is 1. The molecular formula is C21H28N2O4. The second-order valence-electron chi connectivity index (χ2n) is 7.77. The zero-order chi connectivity index (χ0) is 19.6. The van der Waals surface area contributed by atoms with E-state index in [-0.39, 0.29) is 18.2 Å². The number of hydrogen-bond acceptors (Lipinski definition) is 4. The lowest BCUT2D eigenvalue weighted by Crippen LogP contribution is -2.54. The van der Waals surface area contributed by atoms with Gasteiger partial charge in [-0.2, -0.15) is 0 Å². The topological polar surface area (TPSA) is 75.7 Å². The Morgan fingerprint density at radius 1 is 1.30 bits per heavy atom. The van der Waals surface area contributed by atoms with Crippen molar-refractivity contribution in [3.8, 4) is 0 Å². The van der Waals surface area contributed by atoms with Crippen LogP contribution in [0.5, 0.6) is 0 Å². The molecule has 2 aliphatic rings. The Bertz CT molecular complexity index is 761. The number of ether oxygens (including phenoxy) is 1. The molecule has 146 valence electrons. The lowest BCUT2D eigenvalue weighted by atomic mass is 9.94. The molecule has 1 saturated heterocycles. The molecule has 2 amide bonds. The van der Waals surface area contributed by atoms with Gasteiger partial charge in [-0.25, -0.2) is 4.79 Å². The quantitative estimate of drug-likeness (QED) is 0.778. The average Bonchev–Trinajstić information content (AvgIpc) is 3.26. The van der Waals surface area contributed by atoms with Crippen LogP contribution in [0.25, 0.3) is 0 Å². The van der Waals surface area contributed by atoms with Crippen LogP contribution in [0.2, 0.25) is 0 Å². The van der Waals surface area contributed by atoms with Gasteiger partial charge in [0.05, 0.1) is 13.0 Å². The molecule has 1 aromatic rings. The van der Waals surface area contributed by atoms with Gasteiger partial charge in [0.1, 0.15) is 5.54 Å². The molecule has 2 unspecified atom stereocenters. The van der Waals surface area contributed by atoms with E-state index in [0.29, 0.717) is 13.0 Å². The molecule has 1 fully saturated rings. The molecule has 1 aliphatic carbocycles. The summed E-state index contributed by atoms with van der Waals surface area (Å²) in [5, 5.41) is 2.83. The number of rotatable bonds is 6. The van der Waals surface area contributed by atoms with E-state index in [1.54, 1.807) is 11.8 Å². The van der Waals surface area contributed by atoms with Crippen LogP contribution in [-0.4, -0.2) is 37.0 Å². The molecule has 0 spiro atoms. The van der Waals surface area contributed by atoms with Gasteiger partial charge >= 0.3 is 5.97 Å². The standard InChI is InChI=1S/C21H28N2O4/c1-4-10-21(2,20(26)27-3)22-19(25)16-12-18(24)23(13-16)17-9-8-14-6-5-7-15(14)11-17/h8-9,11,16H,4-7,10,12-13H2,1-3H3,(H,22,25). The first-order valence-corrected chi connectivity index (χ1v) is 9.70. The normalized spacial score (nSPS) is 20.9. The molecule has 0 saturated carbocycles. The van der Waals surface area contributed by atoms with Gasteiger partial charge in [-0.3, -0.25) is 9.59 Å². The van der Waals surface area contributed by atoms with Crippen molar-refractivity contribution in [3.05, 3.63) is 29.3 Å². The van der Waals surface area contributed by atoms with E-state index < -0.39 is 17.4 Å². The van der Waals surface area contributed by atoms with E-state index in [4.69, 9.17) is 4.74 Å². The Hall–Kier alpha value is -2.37. The number of nitrogens with one attached hydrogen (secondary N) is 1. The summed E-state index contributed by atoms with van der Waals surface area (Å²) in [7, 11) is 1.32. The van der Waals surface area contributed by atoms with Gasteiger partial charge in [0.15, 0.2) is 0 Å². The van der Waals surface area contributed by atoms with Crippen LogP contribution in [-0.2, 0) is 32.0 Å².